The molecular weight excluding hydrogens is 357 g/mol. The standard InChI is InChI=1S/C22H30FN3O2/c1-26(22(27)17-8-6-10-19(24)14-17)12-4-2-3-11-20-15-21(25-28-20)16-7-5-9-18(23)13-16/h5,7,9,13,15,17,19H,2-4,6,8,10-12,14,24H2,1H3. The molecule has 1 aromatic carbocycles. The molecule has 2 aromatic rings. The molecule has 1 aromatic heterocycles. The maximum Gasteiger partial charge on any atom is 0.225 e. The molecule has 152 valence electrons. The van der Waals surface area contributed by atoms with E-state index in [0.717, 1.165) is 69.2 Å². The van der Waals surface area contributed by atoms with E-state index in [-0.39, 0.29) is 23.7 Å². The van der Waals surface area contributed by atoms with Gasteiger partial charge in [0.2, 0.25) is 5.91 Å². The third kappa shape index (κ3) is 5.64. The van der Waals surface area contributed by atoms with Gasteiger partial charge in [-0.25, -0.2) is 4.39 Å². The molecule has 0 radical (unpaired) electrons. The summed E-state index contributed by atoms with van der Waals surface area (Å²) >= 11 is 0. The molecule has 2 atom stereocenters. The average molecular weight is 387 g/mol. The summed E-state index contributed by atoms with van der Waals surface area (Å²) < 4.78 is 18.7. The average Bonchev–Trinajstić information content (AvgIpc) is 3.16. The van der Waals surface area contributed by atoms with E-state index in [2.05, 4.69) is 5.16 Å². The van der Waals surface area contributed by atoms with Gasteiger partial charge in [0.15, 0.2) is 0 Å². The lowest BCUT2D eigenvalue weighted by atomic mass is 9.85. The van der Waals surface area contributed by atoms with E-state index in [1.807, 2.05) is 24.1 Å². The van der Waals surface area contributed by atoms with Gasteiger partial charge in [0.1, 0.15) is 17.3 Å². The summed E-state index contributed by atoms with van der Waals surface area (Å²) in [6, 6.07) is 8.39. The van der Waals surface area contributed by atoms with Gasteiger partial charge in [-0.15, -0.1) is 0 Å². The monoisotopic (exact) mass is 387 g/mol. The van der Waals surface area contributed by atoms with Crippen LogP contribution in [0.25, 0.3) is 11.3 Å². The van der Waals surface area contributed by atoms with Gasteiger partial charge in [0.05, 0.1) is 0 Å². The van der Waals surface area contributed by atoms with E-state index in [9.17, 15) is 9.18 Å². The third-order valence-electron chi connectivity index (χ3n) is 5.54. The lowest BCUT2D eigenvalue weighted by Crippen LogP contribution is -2.39. The van der Waals surface area contributed by atoms with Gasteiger partial charge in [-0.1, -0.05) is 30.1 Å². The number of amides is 1. The molecule has 1 heterocycles. The molecule has 3 rings (SSSR count). The number of carbonyl (C=O) groups excluding carboxylic acids is 1. The van der Waals surface area contributed by atoms with Crippen LogP contribution in [0.1, 0.15) is 50.7 Å². The SMILES string of the molecule is CN(CCCCCc1cc(-c2cccc(F)c2)no1)C(=O)C1CCCC(N)C1. The molecule has 0 saturated heterocycles. The Kier molecular flexibility index (Phi) is 7.20. The van der Waals surface area contributed by atoms with E-state index in [4.69, 9.17) is 10.3 Å². The van der Waals surface area contributed by atoms with E-state index < -0.39 is 0 Å². The summed E-state index contributed by atoms with van der Waals surface area (Å²) in [6.45, 7) is 0.773. The Balaban J connectivity index is 1.36. The van der Waals surface area contributed by atoms with Crippen molar-refractivity contribution in [2.45, 2.75) is 57.4 Å². The highest BCUT2D eigenvalue weighted by atomic mass is 19.1. The van der Waals surface area contributed by atoms with Crippen molar-refractivity contribution in [1.82, 2.24) is 10.1 Å². The molecule has 1 aliphatic carbocycles. The molecule has 0 spiro atoms. The first kappa shape index (κ1) is 20.5. The van der Waals surface area contributed by atoms with Crippen molar-refractivity contribution >= 4 is 5.91 Å². The van der Waals surface area contributed by atoms with Crippen molar-refractivity contribution < 1.29 is 13.7 Å². The van der Waals surface area contributed by atoms with Crippen molar-refractivity contribution in [1.29, 1.82) is 0 Å². The van der Waals surface area contributed by atoms with Crippen LogP contribution in [0, 0.1) is 11.7 Å². The van der Waals surface area contributed by atoms with Crippen molar-refractivity contribution in [2.24, 2.45) is 11.7 Å². The minimum atomic E-state index is -0.282. The number of halogens is 1. The van der Waals surface area contributed by atoms with Gasteiger partial charge in [-0.3, -0.25) is 4.79 Å². The minimum absolute atomic E-state index is 0.101. The molecule has 0 bridgehead atoms. The fourth-order valence-electron chi connectivity index (χ4n) is 3.91. The van der Waals surface area contributed by atoms with Crippen LogP contribution in [0.5, 0.6) is 0 Å². The van der Waals surface area contributed by atoms with Crippen LogP contribution in [-0.2, 0) is 11.2 Å². The van der Waals surface area contributed by atoms with Gasteiger partial charge >= 0.3 is 0 Å². The van der Waals surface area contributed by atoms with Crippen LogP contribution >= 0.6 is 0 Å². The van der Waals surface area contributed by atoms with Crippen molar-refractivity contribution in [3.63, 3.8) is 0 Å². The van der Waals surface area contributed by atoms with Crippen LogP contribution < -0.4 is 5.73 Å². The van der Waals surface area contributed by atoms with Crippen LogP contribution in [-0.4, -0.2) is 35.6 Å². The topological polar surface area (TPSA) is 72.4 Å². The van der Waals surface area contributed by atoms with E-state index in [0.29, 0.717) is 5.69 Å². The Bertz CT molecular complexity index is 777. The number of aryl methyl sites for hydroxylation is 1. The highest BCUT2D eigenvalue weighted by Gasteiger charge is 2.27. The van der Waals surface area contributed by atoms with E-state index >= 15 is 0 Å². The molecule has 1 saturated carbocycles. The number of hydrogen-bond donors (Lipinski definition) is 1. The summed E-state index contributed by atoms with van der Waals surface area (Å²) in [5.74, 6) is 0.866. The first-order valence-electron chi connectivity index (χ1n) is 10.2. The molecular formula is C22H30FN3O2. The first-order chi connectivity index (χ1) is 13.5. The second-order valence-electron chi connectivity index (χ2n) is 7.88. The number of nitrogens with two attached hydrogens (primary N) is 1. The second kappa shape index (κ2) is 9.82. The largest absolute Gasteiger partial charge is 0.361 e. The van der Waals surface area contributed by atoms with Crippen LogP contribution in [0.4, 0.5) is 4.39 Å². The van der Waals surface area contributed by atoms with Crippen molar-refractivity contribution in [2.75, 3.05) is 13.6 Å². The second-order valence-corrected chi connectivity index (χ2v) is 7.88. The van der Waals surface area contributed by atoms with E-state index in [1.54, 1.807) is 6.07 Å². The predicted octanol–water partition coefficient (Wildman–Crippen LogP) is 4.17. The normalized spacial score (nSPS) is 19.5. The number of carbonyl (C=O) groups is 1. The third-order valence-corrected chi connectivity index (χ3v) is 5.54. The molecule has 6 heteroatoms. The van der Waals surface area contributed by atoms with Gasteiger partial charge in [-0.2, -0.15) is 0 Å². The van der Waals surface area contributed by atoms with Crippen LogP contribution in [0.3, 0.4) is 0 Å². The number of rotatable bonds is 8. The Morgan fingerprint density at radius 1 is 1.29 bits per heavy atom. The summed E-state index contributed by atoms with van der Waals surface area (Å²) in [4.78, 5) is 14.4. The Morgan fingerprint density at radius 3 is 2.93 bits per heavy atom. The first-order valence-corrected chi connectivity index (χ1v) is 10.2. The molecule has 1 fully saturated rings. The zero-order valence-corrected chi connectivity index (χ0v) is 16.6. The van der Waals surface area contributed by atoms with Crippen LogP contribution in [0.15, 0.2) is 34.9 Å². The molecule has 2 N–H and O–H groups in total. The smallest absolute Gasteiger partial charge is 0.225 e. The van der Waals surface area contributed by atoms with Gasteiger partial charge in [-0.05, 0) is 44.2 Å². The minimum Gasteiger partial charge on any atom is -0.361 e. The maximum absolute atomic E-state index is 13.3. The molecule has 1 aliphatic rings. The Labute approximate surface area is 166 Å². The lowest BCUT2D eigenvalue weighted by molar-refractivity contribution is -0.135. The summed E-state index contributed by atoms with van der Waals surface area (Å²) in [7, 11) is 1.89. The maximum atomic E-state index is 13.3. The van der Waals surface area contributed by atoms with Crippen molar-refractivity contribution in [3.8, 4) is 11.3 Å². The molecule has 5 nitrogen and oxygen atoms in total. The summed E-state index contributed by atoms with van der Waals surface area (Å²) in [5.41, 5.74) is 7.38. The zero-order chi connectivity index (χ0) is 19.9. The Morgan fingerprint density at radius 2 is 2.14 bits per heavy atom. The fraction of sp³-hybridized carbons (Fsp3) is 0.545. The summed E-state index contributed by atoms with van der Waals surface area (Å²) in [5, 5.41) is 4.03. The van der Waals surface area contributed by atoms with Gasteiger partial charge < -0.3 is 15.2 Å². The number of aromatic nitrogens is 1. The van der Waals surface area contributed by atoms with Gasteiger partial charge in [0, 0.05) is 43.6 Å². The zero-order valence-electron chi connectivity index (χ0n) is 16.6. The predicted molar refractivity (Wildman–Crippen MR) is 107 cm³/mol. The highest BCUT2D eigenvalue weighted by molar-refractivity contribution is 5.78. The molecule has 2 unspecified atom stereocenters. The van der Waals surface area contributed by atoms with Gasteiger partial charge in [0.25, 0.3) is 0 Å². The van der Waals surface area contributed by atoms with Crippen LogP contribution in [0.2, 0.25) is 0 Å². The number of benzene rings is 1. The number of hydrogen-bond acceptors (Lipinski definition) is 4. The fourth-order valence-corrected chi connectivity index (χ4v) is 3.91. The summed E-state index contributed by atoms with van der Waals surface area (Å²) in [6.07, 6.45) is 7.61. The Hall–Kier alpha value is -2.21. The number of nitrogens with zero attached hydrogens (tertiary/aromatic N) is 2. The number of unbranched alkanes of at least 4 members (excludes halogenated alkanes) is 2. The van der Waals surface area contributed by atoms with E-state index in [1.165, 1.54) is 12.1 Å². The molecule has 1 amide bonds. The molecule has 28 heavy (non-hydrogen) atoms. The quantitative estimate of drug-likeness (QED) is 0.690. The lowest BCUT2D eigenvalue weighted by Gasteiger charge is -2.29. The highest BCUT2D eigenvalue weighted by Crippen LogP contribution is 2.25. The molecule has 0 aliphatic heterocycles. The van der Waals surface area contributed by atoms with Crippen molar-refractivity contribution in [3.05, 3.63) is 41.9 Å².